The zero-order chi connectivity index (χ0) is 13.9. The number of hydrogen-bond donors (Lipinski definition) is 1. The van der Waals surface area contributed by atoms with E-state index in [4.69, 9.17) is 9.15 Å². The molecule has 0 atom stereocenters. The fourth-order valence-corrected chi connectivity index (χ4v) is 3.27. The van der Waals surface area contributed by atoms with Crippen LogP contribution in [0.1, 0.15) is 5.56 Å². The molecule has 0 unspecified atom stereocenters. The summed E-state index contributed by atoms with van der Waals surface area (Å²) in [6.45, 7) is 5.34. The normalized spacial score (nSPS) is 16.6. The molecule has 1 aromatic carbocycles. The van der Waals surface area contributed by atoms with Gasteiger partial charge in [0.05, 0.1) is 11.8 Å². The maximum atomic E-state index is 11.4. The van der Waals surface area contributed by atoms with Crippen molar-refractivity contribution in [1.29, 1.82) is 0 Å². The van der Waals surface area contributed by atoms with Crippen LogP contribution >= 0.6 is 11.3 Å². The van der Waals surface area contributed by atoms with Crippen molar-refractivity contribution in [3.05, 3.63) is 27.4 Å². The van der Waals surface area contributed by atoms with E-state index >= 15 is 0 Å². The predicted molar refractivity (Wildman–Crippen MR) is 79.9 cm³/mol. The summed E-state index contributed by atoms with van der Waals surface area (Å²) in [6, 6.07) is 4.01. The second kappa shape index (κ2) is 5.95. The molecule has 3 rings (SSSR count). The molecule has 0 spiro atoms. The van der Waals surface area contributed by atoms with Crippen molar-refractivity contribution in [3.8, 4) is 5.75 Å². The molecule has 2 heterocycles. The molecule has 0 amide bonds. The van der Waals surface area contributed by atoms with Crippen LogP contribution in [0.5, 0.6) is 5.75 Å². The average Bonchev–Trinajstić information content (AvgIpc) is 2.85. The molecule has 6 heteroatoms. The van der Waals surface area contributed by atoms with Crippen LogP contribution in [0.3, 0.4) is 0 Å². The first-order valence-electron chi connectivity index (χ1n) is 6.80. The summed E-state index contributed by atoms with van der Waals surface area (Å²) in [7, 11) is 1.60. The highest BCUT2D eigenvalue weighted by molar-refractivity contribution is 7.16. The van der Waals surface area contributed by atoms with E-state index in [1.807, 2.05) is 12.1 Å². The summed E-state index contributed by atoms with van der Waals surface area (Å²) < 4.78 is 11.3. The third kappa shape index (κ3) is 2.87. The van der Waals surface area contributed by atoms with E-state index in [-0.39, 0.29) is 4.94 Å². The fourth-order valence-electron chi connectivity index (χ4n) is 2.52. The molecule has 1 N–H and O–H groups in total. The van der Waals surface area contributed by atoms with Gasteiger partial charge in [0.15, 0.2) is 11.3 Å². The molecule has 5 nitrogen and oxygen atoms in total. The number of rotatable bonds is 4. The second-order valence-electron chi connectivity index (χ2n) is 4.92. The molecule has 1 fully saturated rings. The molecule has 0 radical (unpaired) electrons. The zero-order valence-corrected chi connectivity index (χ0v) is 12.3. The van der Waals surface area contributed by atoms with Gasteiger partial charge in [-0.05, 0) is 24.1 Å². The molecule has 1 aliphatic heterocycles. The van der Waals surface area contributed by atoms with E-state index in [1.54, 1.807) is 7.11 Å². The van der Waals surface area contributed by atoms with Gasteiger partial charge in [0.2, 0.25) is 0 Å². The standard InChI is InChI=1S/C14H18N2O3S/c1-18-11-8-10(2-5-16-6-3-15-4-7-16)9-12-13(11)19-14(17)20-12/h8-9,15H,2-7H2,1H3. The molecular formula is C14H18N2O3S. The van der Waals surface area contributed by atoms with Crippen LogP contribution in [-0.4, -0.2) is 44.7 Å². The van der Waals surface area contributed by atoms with E-state index in [0.717, 1.165) is 55.2 Å². The molecule has 0 bridgehead atoms. The Morgan fingerprint density at radius 3 is 2.95 bits per heavy atom. The van der Waals surface area contributed by atoms with Crippen molar-refractivity contribution in [2.75, 3.05) is 39.8 Å². The van der Waals surface area contributed by atoms with Crippen molar-refractivity contribution in [1.82, 2.24) is 10.2 Å². The van der Waals surface area contributed by atoms with Gasteiger partial charge < -0.3 is 19.4 Å². The van der Waals surface area contributed by atoms with Crippen molar-refractivity contribution in [2.45, 2.75) is 6.42 Å². The summed E-state index contributed by atoms with van der Waals surface area (Å²) in [4.78, 5) is 13.5. The van der Waals surface area contributed by atoms with E-state index in [2.05, 4.69) is 10.2 Å². The highest BCUT2D eigenvalue weighted by atomic mass is 32.1. The molecule has 1 aliphatic rings. The Balaban J connectivity index is 1.78. The van der Waals surface area contributed by atoms with Gasteiger partial charge in [-0.2, -0.15) is 0 Å². The Hall–Kier alpha value is -1.37. The number of nitrogens with zero attached hydrogens (tertiary/aromatic N) is 1. The van der Waals surface area contributed by atoms with Crippen LogP contribution < -0.4 is 15.0 Å². The predicted octanol–water partition coefficient (Wildman–Crippen LogP) is 1.31. The van der Waals surface area contributed by atoms with Gasteiger partial charge in [0, 0.05) is 32.7 Å². The van der Waals surface area contributed by atoms with Crippen LogP contribution in [0.15, 0.2) is 21.3 Å². The lowest BCUT2D eigenvalue weighted by Crippen LogP contribution is -2.44. The minimum atomic E-state index is -0.280. The van der Waals surface area contributed by atoms with Crippen LogP contribution in [0.2, 0.25) is 0 Å². The summed E-state index contributed by atoms with van der Waals surface area (Å²) >= 11 is 1.13. The maximum absolute atomic E-state index is 11.4. The third-order valence-corrected chi connectivity index (χ3v) is 4.38. The van der Waals surface area contributed by atoms with Gasteiger partial charge in [0.25, 0.3) is 0 Å². The van der Waals surface area contributed by atoms with Crippen LogP contribution in [0, 0.1) is 0 Å². The van der Waals surface area contributed by atoms with Crippen LogP contribution in [-0.2, 0) is 6.42 Å². The average molecular weight is 294 g/mol. The monoisotopic (exact) mass is 294 g/mol. The summed E-state index contributed by atoms with van der Waals surface area (Å²) in [5.74, 6) is 0.649. The summed E-state index contributed by atoms with van der Waals surface area (Å²) in [6.07, 6.45) is 0.957. The van der Waals surface area contributed by atoms with E-state index in [9.17, 15) is 4.79 Å². The van der Waals surface area contributed by atoms with Crippen molar-refractivity contribution < 1.29 is 9.15 Å². The Morgan fingerprint density at radius 2 is 2.20 bits per heavy atom. The summed E-state index contributed by atoms with van der Waals surface area (Å²) in [5.41, 5.74) is 1.75. The lowest BCUT2D eigenvalue weighted by atomic mass is 10.1. The first-order valence-corrected chi connectivity index (χ1v) is 7.61. The molecule has 1 aromatic heterocycles. The Labute approximate surface area is 121 Å². The lowest BCUT2D eigenvalue weighted by Gasteiger charge is -2.27. The quantitative estimate of drug-likeness (QED) is 0.921. The van der Waals surface area contributed by atoms with Crippen molar-refractivity contribution >= 4 is 21.6 Å². The van der Waals surface area contributed by atoms with Gasteiger partial charge in [-0.25, -0.2) is 4.79 Å². The number of ether oxygens (including phenoxy) is 1. The number of benzene rings is 1. The second-order valence-corrected chi connectivity index (χ2v) is 5.90. The zero-order valence-electron chi connectivity index (χ0n) is 11.5. The lowest BCUT2D eigenvalue weighted by molar-refractivity contribution is 0.244. The molecule has 108 valence electrons. The minimum absolute atomic E-state index is 0.280. The number of fused-ring (bicyclic) bond motifs is 1. The first kappa shape index (κ1) is 13.6. The van der Waals surface area contributed by atoms with Gasteiger partial charge in [-0.15, -0.1) is 0 Å². The minimum Gasteiger partial charge on any atom is -0.493 e. The third-order valence-electron chi connectivity index (χ3n) is 3.61. The fraction of sp³-hybridized carbons (Fsp3) is 0.500. The maximum Gasteiger partial charge on any atom is 0.396 e. The van der Waals surface area contributed by atoms with Gasteiger partial charge in [-0.3, -0.25) is 0 Å². The van der Waals surface area contributed by atoms with Crippen LogP contribution in [0.4, 0.5) is 0 Å². The Morgan fingerprint density at radius 1 is 1.40 bits per heavy atom. The molecular weight excluding hydrogens is 276 g/mol. The van der Waals surface area contributed by atoms with Crippen molar-refractivity contribution in [3.63, 3.8) is 0 Å². The molecule has 2 aromatic rings. The number of methoxy groups -OCH3 is 1. The van der Waals surface area contributed by atoms with E-state index in [1.165, 1.54) is 5.56 Å². The molecule has 1 saturated heterocycles. The van der Waals surface area contributed by atoms with E-state index < -0.39 is 0 Å². The van der Waals surface area contributed by atoms with Crippen LogP contribution in [0.25, 0.3) is 10.3 Å². The first-order chi connectivity index (χ1) is 9.76. The SMILES string of the molecule is COc1cc(CCN2CCNCC2)cc2sc(=O)oc12. The van der Waals surface area contributed by atoms with Gasteiger partial charge in [0.1, 0.15) is 0 Å². The topological polar surface area (TPSA) is 54.7 Å². The number of nitrogens with one attached hydrogen (secondary N) is 1. The smallest absolute Gasteiger partial charge is 0.396 e. The number of hydrogen-bond acceptors (Lipinski definition) is 6. The Bertz CT molecular complexity index is 643. The van der Waals surface area contributed by atoms with Crippen molar-refractivity contribution in [2.24, 2.45) is 0 Å². The van der Waals surface area contributed by atoms with E-state index in [0.29, 0.717) is 11.3 Å². The molecule has 0 aliphatic carbocycles. The molecule has 0 saturated carbocycles. The number of piperazine rings is 1. The molecule has 20 heavy (non-hydrogen) atoms. The van der Waals surface area contributed by atoms with Gasteiger partial charge >= 0.3 is 4.94 Å². The largest absolute Gasteiger partial charge is 0.493 e. The van der Waals surface area contributed by atoms with Gasteiger partial charge in [-0.1, -0.05) is 11.3 Å². The summed E-state index contributed by atoms with van der Waals surface area (Å²) in [5, 5.41) is 3.35. The highest BCUT2D eigenvalue weighted by Crippen LogP contribution is 2.29. The Kier molecular flexibility index (Phi) is 4.05. The highest BCUT2D eigenvalue weighted by Gasteiger charge is 2.13.